The predicted octanol–water partition coefficient (Wildman–Crippen LogP) is 2.60. The van der Waals surface area contributed by atoms with Gasteiger partial charge in [0.2, 0.25) is 0 Å². The molecule has 86 valence electrons. The Morgan fingerprint density at radius 2 is 2.29 bits per heavy atom. The van der Waals surface area contributed by atoms with Crippen LogP contribution in [0.5, 0.6) is 11.5 Å². The molecular formula is C12H10N2O2S. The van der Waals surface area contributed by atoms with E-state index in [-0.39, 0.29) is 0 Å². The number of rotatable bonds is 4. The van der Waals surface area contributed by atoms with Crippen LogP contribution in [0.15, 0.2) is 29.8 Å². The Morgan fingerprint density at radius 1 is 1.41 bits per heavy atom. The van der Waals surface area contributed by atoms with Gasteiger partial charge in [0.05, 0.1) is 18.7 Å². The molecule has 0 saturated carbocycles. The van der Waals surface area contributed by atoms with E-state index in [1.54, 1.807) is 31.5 Å². The van der Waals surface area contributed by atoms with Gasteiger partial charge in [-0.3, -0.25) is 0 Å². The second-order valence-corrected chi connectivity index (χ2v) is 4.17. The summed E-state index contributed by atoms with van der Waals surface area (Å²) >= 11 is 1.53. The summed E-state index contributed by atoms with van der Waals surface area (Å²) in [6, 6.07) is 7.12. The van der Waals surface area contributed by atoms with E-state index in [9.17, 15) is 0 Å². The average molecular weight is 246 g/mol. The molecule has 2 rings (SSSR count). The van der Waals surface area contributed by atoms with E-state index >= 15 is 0 Å². The van der Waals surface area contributed by atoms with Gasteiger partial charge in [-0.2, -0.15) is 5.26 Å². The Balaban J connectivity index is 2.13. The van der Waals surface area contributed by atoms with E-state index in [0.717, 1.165) is 5.01 Å². The summed E-state index contributed by atoms with van der Waals surface area (Å²) in [4.78, 5) is 4.12. The van der Waals surface area contributed by atoms with E-state index in [1.165, 1.54) is 11.3 Å². The lowest BCUT2D eigenvalue weighted by Crippen LogP contribution is -1.97. The molecule has 0 spiro atoms. The van der Waals surface area contributed by atoms with Crippen molar-refractivity contribution in [2.75, 3.05) is 7.11 Å². The number of benzene rings is 1. The lowest BCUT2D eigenvalue weighted by atomic mass is 10.2. The van der Waals surface area contributed by atoms with Crippen LogP contribution in [0.4, 0.5) is 0 Å². The van der Waals surface area contributed by atoms with Crippen molar-refractivity contribution in [2.24, 2.45) is 0 Å². The summed E-state index contributed by atoms with van der Waals surface area (Å²) in [6.07, 6.45) is 1.74. The number of hydrogen-bond donors (Lipinski definition) is 0. The summed E-state index contributed by atoms with van der Waals surface area (Å²) in [7, 11) is 1.55. The molecule has 4 nitrogen and oxygen atoms in total. The third-order valence-electron chi connectivity index (χ3n) is 2.13. The predicted molar refractivity (Wildman–Crippen MR) is 64.2 cm³/mol. The maximum atomic E-state index is 8.77. The number of nitriles is 1. The fourth-order valence-corrected chi connectivity index (χ4v) is 1.85. The van der Waals surface area contributed by atoms with Gasteiger partial charge in [-0.05, 0) is 12.1 Å². The van der Waals surface area contributed by atoms with E-state index in [0.29, 0.717) is 23.7 Å². The monoisotopic (exact) mass is 246 g/mol. The standard InChI is InChI=1S/C12H10N2O2S/c1-15-11-6-9(7-13)2-3-10(11)16-8-12-14-4-5-17-12/h2-6H,8H2,1H3. The molecule has 0 aliphatic heterocycles. The molecule has 5 heteroatoms. The van der Waals surface area contributed by atoms with E-state index in [1.807, 2.05) is 5.38 Å². The molecule has 0 radical (unpaired) electrons. The lowest BCUT2D eigenvalue weighted by molar-refractivity contribution is 0.284. The highest BCUT2D eigenvalue weighted by Crippen LogP contribution is 2.28. The number of ether oxygens (including phenoxy) is 2. The molecule has 1 heterocycles. The maximum Gasteiger partial charge on any atom is 0.162 e. The van der Waals surface area contributed by atoms with Gasteiger partial charge in [0.1, 0.15) is 11.6 Å². The first-order valence-electron chi connectivity index (χ1n) is 4.93. The zero-order valence-corrected chi connectivity index (χ0v) is 10.0. The zero-order valence-electron chi connectivity index (χ0n) is 9.21. The van der Waals surface area contributed by atoms with E-state index in [4.69, 9.17) is 14.7 Å². The maximum absolute atomic E-state index is 8.77. The molecule has 2 aromatic rings. The normalized spacial score (nSPS) is 9.65. The number of thiazole rings is 1. The van der Waals surface area contributed by atoms with Gasteiger partial charge in [-0.15, -0.1) is 11.3 Å². The molecule has 0 bridgehead atoms. The highest BCUT2D eigenvalue weighted by atomic mass is 32.1. The molecule has 0 aliphatic carbocycles. The number of hydrogen-bond acceptors (Lipinski definition) is 5. The summed E-state index contributed by atoms with van der Waals surface area (Å²) in [6.45, 7) is 0.403. The van der Waals surface area contributed by atoms with Crippen molar-refractivity contribution in [3.63, 3.8) is 0 Å². The van der Waals surface area contributed by atoms with Crippen LogP contribution in [-0.2, 0) is 6.61 Å². The molecule has 0 unspecified atom stereocenters. The Labute approximate surface area is 103 Å². The molecule has 17 heavy (non-hydrogen) atoms. The number of aromatic nitrogens is 1. The zero-order chi connectivity index (χ0) is 12.1. The van der Waals surface area contributed by atoms with Crippen molar-refractivity contribution in [1.29, 1.82) is 5.26 Å². The molecule has 0 aliphatic rings. The molecule has 0 atom stereocenters. The lowest BCUT2D eigenvalue weighted by Gasteiger charge is -2.09. The number of methoxy groups -OCH3 is 1. The number of nitrogens with zero attached hydrogens (tertiary/aromatic N) is 2. The van der Waals surface area contributed by atoms with Crippen molar-refractivity contribution in [3.05, 3.63) is 40.3 Å². The Hall–Kier alpha value is -2.06. The van der Waals surface area contributed by atoms with Gasteiger partial charge in [-0.1, -0.05) is 0 Å². The molecular weight excluding hydrogens is 236 g/mol. The second-order valence-electron chi connectivity index (χ2n) is 3.19. The summed E-state index contributed by atoms with van der Waals surface area (Å²) in [5.41, 5.74) is 0.545. The average Bonchev–Trinajstić information content (AvgIpc) is 2.89. The van der Waals surface area contributed by atoms with Crippen LogP contribution in [-0.4, -0.2) is 12.1 Å². The van der Waals surface area contributed by atoms with Crippen LogP contribution in [0, 0.1) is 11.3 Å². The van der Waals surface area contributed by atoms with Gasteiger partial charge in [0.15, 0.2) is 11.5 Å². The van der Waals surface area contributed by atoms with E-state index < -0.39 is 0 Å². The third kappa shape index (κ3) is 2.74. The molecule has 1 aromatic carbocycles. The van der Waals surface area contributed by atoms with Crippen LogP contribution < -0.4 is 9.47 Å². The fourth-order valence-electron chi connectivity index (χ4n) is 1.32. The van der Waals surface area contributed by atoms with Crippen molar-refractivity contribution >= 4 is 11.3 Å². The smallest absolute Gasteiger partial charge is 0.162 e. The largest absolute Gasteiger partial charge is 0.493 e. The topological polar surface area (TPSA) is 55.1 Å². The summed E-state index contributed by atoms with van der Waals surface area (Å²) in [5.74, 6) is 1.17. The van der Waals surface area contributed by atoms with Crippen LogP contribution in [0.3, 0.4) is 0 Å². The SMILES string of the molecule is COc1cc(C#N)ccc1OCc1nccs1. The fraction of sp³-hybridized carbons (Fsp3) is 0.167. The van der Waals surface area contributed by atoms with Gasteiger partial charge >= 0.3 is 0 Å². The van der Waals surface area contributed by atoms with Crippen LogP contribution in [0.1, 0.15) is 10.6 Å². The minimum Gasteiger partial charge on any atom is -0.493 e. The molecule has 1 aromatic heterocycles. The van der Waals surface area contributed by atoms with Crippen molar-refractivity contribution in [2.45, 2.75) is 6.61 Å². The van der Waals surface area contributed by atoms with Crippen LogP contribution in [0.25, 0.3) is 0 Å². The summed E-state index contributed by atoms with van der Waals surface area (Å²) in [5, 5.41) is 11.6. The Morgan fingerprint density at radius 3 is 2.94 bits per heavy atom. The minimum atomic E-state index is 0.403. The first-order valence-corrected chi connectivity index (χ1v) is 5.80. The van der Waals surface area contributed by atoms with Crippen molar-refractivity contribution in [3.8, 4) is 17.6 Å². The molecule has 0 amide bonds. The van der Waals surface area contributed by atoms with Gasteiger partial charge in [0.25, 0.3) is 0 Å². The van der Waals surface area contributed by atoms with Crippen molar-refractivity contribution < 1.29 is 9.47 Å². The quantitative estimate of drug-likeness (QED) is 0.832. The summed E-state index contributed by atoms with van der Waals surface area (Å²) < 4.78 is 10.8. The highest BCUT2D eigenvalue weighted by Gasteiger charge is 2.06. The first-order chi connectivity index (χ1) is 8.33. The van der Waals surface area contributed by atoms with Gasteiger partial charge < -0.3 is 9.47 Å². The highest BCUT2D eigenvalue weighted by molar-refractivity contribution is 7.09. The second kappa shape index (κ2) is 5.32. The van der Waals surface area contributed by atoms with Crippen molar-refractivity contribution in [1.82, 2.24) is 4.98 Å². The molecule has 0 saturated heterocycles. The Kier molecular flexibility index (Phi) is 3.58. The van der Waals surface area contributed by atoms with Gasteiger partial charge in [0, 0.05) is 17.6 Å². The third-order valence-corrected chi connectivity index (χ3v) is 2.88. The van der Waals surface area contributed by atoms with E-state index in [2.05, 4.69) is 11.1 Å². The van der Waals surface area contributed by atoms with Gasteiger partial charge in [-0.25, -0.2) is 4.98 Å². The molecule has 0 fully saturated rings. The van der Waals surface area contributed by atoms with Crippen LogP contribution >= 0.6 is 11.3 Å². The molecule has 0 N–H and O–H groups in total. The van der Waals surface area contributed by atoms with Crippen LogP contribution in [0.2, 0.25) is 0 Å². The minimum absolute atomic E-state index is 0.403. The first kappa shape index (κ1) is 11.4. The Bertz CT molecular complexity index is 532.